The summed E-state index contributed by atoms with van der Waals surface area (Å²) in [5, 5.41) is 0. The van der Waals surface area contributed by atoms with Gasteiger partial charge in [-0.2, -0.15) is 0 Å². The third kappa shape index (κ3) is 9.77. The largest absolute Gasteiger partial charge is 0.385 e. The van der Waals surface area contributed by atoms with Crippen molar-refractivity contribution in [2.24, 2.45) is 0 Å². The van der Waals surface area contributed by atoms with Crippen LogP contribution in [0, 0.1) is 0 Å². The molecule has 0 spiro atoms. The Morgan fingerprint density at radius 2 is 1.48 bits per heavy atom. The molecule has 0 saturated carbocycles. The van der Waals surface area contributed by atoms with Gasteiger partial charge in [0.25, 0.3) is 0 Å². The van der Waals surface area contributed by atoms with Gasteiger partial charge in [-0.1, -0.05) is 81.8 Å². The van der Waals surface area contributed by atoms with Gasteiger partial charge in [-0.05, 0) is 66.5 Å². The summed E-state index contributed by atoms with van der Waals surface area (Å²) in [5.41, 5.74) is 7.81. The lowest BCUT2D eigenvalue weighted by atomic mass is 9.93. The van der Waals surface area contributed by atoms with E-state index in [-0.39, 0.29) is 0 Å². The summed E-state index contributed by atoms with van der Waals surface area (Å²) in [5.74, 6) is 0. The molecule has 0 aliphatic rings. The first-order valence-electron chi connectivity index (χ1n) is 9.30. The van der Waals surface area contributed by atoms with E-state index in [0.29, 0.717) is 0 Å². The molecule has 0 atom stereocenters. The molecule has 0 heterocycles. The lowest BCUT2D eigenvalue weighted by molar-refractivity contribution is 0.195. The van der Waals surface area contributed by atoms with E-state index < -0.39 is 0 Å². The summed E-state index contributed by atoms with van der Waals surface area (Å²) >= 11 is 0. The van der Waals surface area contributed by atoms with Crippen LogP contribution in [-0.4, -0.2) is 13.7 Å². The van der Waals surface area contributed by atoms with Crippen molar-refractivity contribution < 1.29 is 4.74 Å². The topological polar surface area (TPSA) is 9.23 Å². The highest BCUT2D eigenvalue weighted by Gasteiger charge is 2.06. The van der Waals surface area contributed by atoms with E-state index >= 15 is 0 Å². The fourth-order valence-corrected chi connectivity index (χ4v) is 2.33. The molecule has 0 fully saturated rings. The molecule has 146 valence electrons. The minimum absolute atomic E-state index is 0.736. The average molecular weight is 365 g/mol. The first kappa shape index (κ1) is 24.6. The Balaban J connectivity index is 5.28. The van der Waals surface area contributed by atoms with Crippen LogP contribution in [0.2, 0.25) is 0 Å². The van der Waals surface area contributed by atoms with Gasteiger partial charge in [0.15, 0.2) is 0 Å². The van der Waals surface area contributed by atoms with Crippen LogP contribution in [0.1, 0.15) is 40.0 Å². The lowest BCUT2D eigenvalue weighted by Gasteiger charge is -2.13. The summed E-state index contributed by atoms with van der Waals surface area (Å²) in [6.07, 6.45) is 10.7. The molecule has 0 rings (SSSR count). The number of ether oxygens (including phenoxy) is 1. The van der Waals surface area contributed by atoms with Crippen molar-refractivity contribution in [2.45, 2.75) is 40.0 Å². The van der Waals surface area contributed by atoms with Crippen LogP contribution in [0.15, 0.2) is 108 Å². The number of methoxy groups -OCH3 is 1. The van der Waals surface area contributed by atoms with Crippen LogP contribution in [0.25, 0.3) is 0 Å². The van der Waals surface area contributed by atoms with E-state index in [9.17, 15) is 0 Å². The van der Waals surface area contributed by atoms with E-state index in [1.165, 1.54) is 5.57 Å². The molecule has 0 N–H and O–H groups in total. The predicted molar refractivity (Wildman–Crippen MR) is 123 cm³/mol. The molecule has 0 bridgehead atoms. The Kier molecular flexibility index (Phi) is 11.8. The molecule has 0 aromatic rings. The highest BCUT2D eigenvalue weighted by molar-refractivity contribution is 5.55. The number of hydrogen-bond acceptors (Lipinski definition) is 1. The molecule has 0 aliphatic carbocycles. The quantitative estimate of drug-likeness (QED) is 0.241. The zero-order valence-electron chi connectivity index (χ0n) is 17.8. The molecule has 1 heteroatoms. The molecular weight excluding hydrogens is 328 g/mol. The Morgan fingerprint density at radius 1 is 0.852 bits per heavy atom. The van der Waals surface area contributed by atoms with Crippen LogP contribution < -0.4 is 0 Å². The van der Waals surface area contributed by atoms with E-state index in [1.54, 1.807) is 7.11 Å². The highest BCUT2D eigenvalue weighted by atomic mass is 16.5. The van der Waals surface area contributed by atoms with E-state index in [2.05, 4.69) is 52.5 Å². The molecule has 0 unspecified atom stereocenters. The standard InChI is InChI=1S/C26H36O/c1-11-20(4)26(13-12-16-27-10)18-24(8)25(9)23(7)17-22(6)21(5)15-14-19(2)3/h14-15,17-18H,2,4-6,8-9,11-13,16H2,1,3,7,10H3/b15-14-,23-17-,26-18-. The number of rotatable bonds is 13. The number of allylic oxidation sites excluding steroid dienone is 12. The van der Waals surface area contributed by atoms with Crippen LogP contribution in [0.4, 0.5) is 0 Å². The molecule has 0 aromatic carbocycles. The summed E-state index contributed by atoms with van der Waals surface area (Å²) in [6.45, 7) is 31.4. The van der Waals surface area contributed by atoms with Crippen molar-refractivity contribution in [2.75, 3.05) is 13.7 Å². The summed E-state index contributed by atoms with van der Waals surface area (Å²) in [7, 11) is 1.72. The number of hydrogen-bond donors (Lipinski definition) is 0. The van der Waals surface area contributed by atoms with E-state index in [4.69, 9.17) is 4.74 Å². The van der Waals surface area contributed by atoms with E-state index in [1.807, 2.05) is 32.1 Å². The molecule has 27 heavy (non-hydrogen) atoms. The van der Waals surface area contributed by atoms with Gasteiger partial charge in [-0.15, -0.1) is 0 Å². The van der Waals surface area contributed by atoms with Crippen LogP contribution in [0.3, 0.4) is 0 Å². The molecule has 0 aliphatic heterocycles. The third-order valence-corrected chi connectivity index (χ3v) is 4.26. The van der Waals surface area contributed by atoms with Gasteiger partial charge in [0, 0.05) is 13.7 Å². The van der Waals surface area contributed by atoms with Gasteiger partial charge >= 0.3 is 0 Å². The maximum Gasteiger partial charge on any atom is 0.0465 e. The molecule has 0 aromatic heterocycles. The average Bonchev–Trinajstić information content (AvgIpc) is 2.63. The van der Waals surface area contributed by atoms with Gasteiger partial charge in [0.1, 0.15) is 0 Å². The summed E-state index contributed by atoms with van der Waals surface area (Å²) in [4.78, 5) is 0. The Labute approximate surface area is 167 Å². The molecule has 0 amide bonds. The van der Waals surface area contributed by atoms with Gasteiger partial charge in [0.05, 0.1) is 0 Å². The second kappa shape index (κ2) is 12.9. The first-order valence-corrected chi connectivity index (χ1v) is 9.30. The smallest absolute Gasteiger partial charge is 0.0465 e. The maximum absolute atomic E-state index is 5.16. The van der Waals surface area contributed by atoms with Crippen molar-refractivity contribution >= 4 is 0 Å². The van der Waals surface area contributed by atoms with Gasteiger partial charge < -0.3 is 4.74 Å². The van der Waals surface area contributed by atoms with Gasteiger partial charge in [-0.25, -0.2) is 0 Å². The van der Waals surface area contributed by atoms with Crippen LogP contribution >= 0.6 is 0 Å². The first-order chi connectivity index (χ1) is 12.6. The van der Waals surface area contributed by atoms with Crippen LogP contribution in [-0.2, 0) is 4.74 Å². The fourth-order valence-electron chi connectivity index (χ4n) is 2.33. The minimum atomic E-state index is 0.736. The second-order valence-corrected chi connectivity index (χ2v) is 6.78. The minimum Gasteiger partial charge on any atom is -0.385 e. The molecule has 1 nitrogen and oxygen atoms in total. The third-order valence-electron chi connectivity index (χ3n) is 4.26. The maximum atomic E-state index is 5.16. The predicted octanol–water partition coefficient (Wildman–Crippen LogP) is 7.61. The monoisotopic (exact) mass is 364 g/mol. The zero-order valence-corrected chi connectivity index (χ0v) is 17.8. The molecular formula is C26H36O. The molecule has 0 saturated heterocycles. The molecule has 0 radical (unpaired) electrons. The van der Waals surface area contributed by atoms with Crippen molar-refractivity contribution in [1.82, 2.24) is 0 Å². The van der Waals surface area contributed by atoms with Crippen molar-refractivity contribution in [3.63, 3.8) is 0 Å². The van der Waals surface area contributed by atoms with Gasteiger partial charge in [-0.3, -0.25) is 0 Å². The van der Waals surface area contributed by atoms with Crippen molar-refractivity contribution in [1.29, 1.82) is 0 Å². The van der Waals surface area contributed by atoms with E-state index in [0.717, 1.165) is 64.9 Å². The van der Waals surface area contributed by atoms with Crippen LogP contribution in [0.5, 0.6) is 0 Å². The van der Waals surface area contributed by atoms with Crippen molar-refractivity contribution in [3.8, 4) is 0 Å². The summed E-state index contributed by atoms with van der Waals surface area (Å²) in [6, 6.07) is 0. The van der Waals surface area contributed by atoms with Gasteiger partial charge in [0.2, 0.25) is 0 Å². The Morgan fingerprint density at radius 3 is 2.00 bits per heavy atom. The Bertz CT molecular complexity index is 704. The second-order valence-electron chi connectivity index (χ2n) is 6.78. The SMILES string of the molecule is C=C(C)/C=C\C(=C)C(=C)/C=C(/C)C(=C)C(=C)/C=C(/CCCOC)C(=C)CC. The highest BCUT2D eigenvalue weighted by Crippen LogP contribution is 2.25. The summed E-state index contributed by atoms with van der Waals surface area (Å²) < 4.78 is 5.16. The Hall–Kier alpha value is -2.38. The van der Waals surface area contributed by atoms with Crippen molar-refractivity contribution in [3.05, 3.63) is 108 Å². The normalized spacial score (nSPS) is 12.1. The lowest BCUT2D eigenvalue weighted by Crippen LogP contribution is -1.96. The fraction of sp³-hybridized carbons (Fsp3) is 0.308. The zero-order chi connectivity index (χ0) is 21.0.